The average molecular weight is 294 g/mol. The first kappa shape index (κ1) is 13.0. The van der Waals surface area contributed by atoms with Gasteiger partial charge in [-0.05, 0) is 30.5 Å². The van der Waals surface area contributed by atoms with Gasteiger partial charge in [-0.15, -0.1) is 11.3 Å². The van der Waals surface area contributed by atoms with E-state index < -0.39 is 0 Å². The topological polar surface area (TPSA) is 49.8 Å². The van der Waals surface area contributed by atoms with Gasteiger partial charge in [0.2, 0.25) is 5.95 Å². The summed E-state index contributed by atoms with van der Waals surface area (Å²) >= 11 is 3.62. The Bertz CT molecular complexity index is 569. The molecule has 0 spiro atoms. The van der Waals surface area contributed by atoms with Crippen molar-refractivity contribution in [2.45, 2.75) is 30.6 Å². The molecule has 6 heteroatoms. The molecule has 0 bridgehead atoms. The zero-order chi connectivity index (χ0) is 13.2. The third-order valence-electron chi connectivity index (χ3n) is 3.63. The Hall–Kier alpha value is -1.01. The fourth-order valence-electron chi connectivity index (χ4n) is 2.63. The number of aromatic nitrogens is 2. The van der Waals surface area contributed by atoms with Crippen LogP contribution in [-0.4, -0.2) is 34.6 Å². The first-order valence-electron chi connectivity index (χ1n) is 6.54. The Kier molecular flexibility index (Phi) is 3.79. The average Bonchev–Trinajstić information content (AvgIpc) is 3.06. The second-order valence-corrected chi connectivity index (χ2v) is 6.71. The third-order valence-corrected chi connectivity index (χ3v) is 5.60. The second kappa shape index (κ2) is 5.54. The molecule has 1 saturated carbocycles. The molecule has 2 aromatic heterocycles. The van der Waals surface area contributed by atoms with Gasteiger partial charge < -0.3 is 10.6 Å². The summed E-state index contributed by atoms with van der Waals surface area (Å²) in [4.78, 5) is 10.1. The van der Waals surface area contributed by atoms with Crippen molar-refractivity contribution in [2.75, 3.05) is 23.9 Å². The van der Waals surface area contributed by atoms with Crippen LogP contribution in [0.15, 0.2) is 11.4 Å². The number of thioether (sulfide) groups is 1. The highest BCUT2D eigenvalue weighted by molar-refractivity contribution is 7.99. The van der Waals surface area contributed by atoms with Crippen LogP contribution in [0.2, 0.25) is 0 Å². The van der Waals surface area contributed by atoms with Gasteiger partial charge in [-0.2, -0.15) is 16.7 Å². The van der Waals surface area contributed by atoms with Gasteiger partial charge in [-0.1, -0.05) is 6.42 Å². The largest absolute Gasteiger partial charge is 0.366 e. The molecule has 4 nitrogen and oxygen atoms in total. The molecule has 102 valence electrons. The minimum absolute atomic E-state index is 0.526. The molecule has 1 aliphatic carbocycles. The maximum atomic E-state index is 4.59. The van der Waals surface area contributed by atoms with Crippen LogP contribution in [0, 0.1) is 0 Å². The van der Waals surface area contributed by atoms with E-state index in [0.29, 0.717) is 17.2 Å². The van der Waals surface area contributed by atoms with E-state index in [1.807, 2.05) is 18.8 Å². The Morgan fingerprint density at radius 1 is 1.37 bits per heavy atom. The van der Waals surface area contributed by atoms with Gasteiger partial charge in [0.15, 0.2) is 0 Å². The molecule has 0 amide bonds. The minimum Gasteiger partial charge on any atom is -0.366 e. The third kappa shape index (κ3) is 2.51. The van der Waals surface area contributed by atoms with E-state index in [9.17, 15) is 0 Å². The van der Waals surface area contributed by atoms with Crippen LogP contribution in [0.3, 0.4) is 0 Å². The molecule has 3 rings (SSSR count). The van der Waals surface area contributed by atoms with Crippen LogP contribution in [-0.2, 0) is 0 Å². The minimum atomic E-state index is 0.526. The summed E-state index contributed by atoms with van der Waals surface area (Å²) < 4.78 is 0. The van der Waals surface area contributed by atoms with Gasteiger partial charge in [0.05, 0.1) is 5.39 Å². The van der Waals surface area contributed by atoms with Gasteiger partial charge in [0.25, 0.3) is 0 Å². The predicted molar refractivity (Wildman–Crippen MR) is 85.5 cm³/mol. The molecule has 2 heterocycles. The predicted octanol–water partition coefficient (Wildman–Crippen LogP) is 3.43. The van der Waals surface area contributed by atoms with Gasteiger partial charge in [0.1, 0.15) is 10.6 Å². The molecule has 2 unspecified atom stereocenters. The molecule has 2 aromatic rings. The van der Waals surface area contributed by atoms with Crippen LogP contribution >= 0.6 is 23.1 Å². The number of nitrogens with zero attached hydrogens (tertiary/aromatic N) is 2. The molecule has 0 aliphatic heterocycles. The van der Waals surface area contributed by atoms with Crippen LogP contribution < -0.4 is 10.6 Å². The first-order valence-corrected chi connectivity index (χ1v) is 8.71. The van der Waals surface area contributed by atoms with Crippen LogP contribution in [0.1, 0.15) is 19.3 Å². The van der Waals surface area contributed by atoms with E-state index in [-0.39, 0.29) is 0 Å². The number of fused-ring (bicyclic) bond motifs is 1. The molecule has 19 heavy (non-hydrogen) atoms. The lowest BCUT2D eigenvalue weighted by molar-refractivity contribution is 0.765. The summed E-state index contributed by atoms with van der Waals surface area (Å²) in [6.45, 7) is 0. The molecule has 1 fully saturated rings. The number of rotatable bonds is 4. The lowest BCUT2D eigenvalue weighted by Crippen LogP contribution is -2.26. The zero-order valence-electron chi connectivity index (χ0n) is 11.1. The number of hydrogen-bond acceptors (Lipinski definition) is 6. The summed E-state index contributed by atoms with van der Waals surface area (Å²) in [7, 11) is 1.86. The van der Waals surface area contributed by atoms with E-state index in [0.717, 1.165) is 16.0 Å². The maximum Gasteiger partial charge on any atom is 0.225 e. The number of thiophene rings is 1. The SMILES string of the molecule is CNc1nc(NC2CCCC2SC)c2ccsc2n1. The molecular formula is C13H18N4S2. The molecule has 1 aliphatic rings. The summed E-state index contributed by atoms with van der Waals surface area (Å²) in [6, 6.07) is 2.63. The monoisotopic (exact) mass is 294 g/mol. The van der Waals surface area contributed by atoms with Crippen molar-refractivity contribution in [1.29, 1.82) is 0 Å². The first-order chi connectivity index (χ1) is 9.31. The van der Waals surface area contributed by atoms with Crippen LogP contribution in [0.25, 0.3) is 10.2 Å². The zero-order valence-corrected chi connectivity index (χ0v) is 12.8. The summed E-state index contributed by atoms with van der Waals surface area (Å²) in [5, 5.41) is 10.6. The Morgan fingerprint density at radius 2 is 2.26 bits per heavy atom. The molecule has 0 saturated heterocycles. The summed E-state index contributed by atoms with van der Waals surface area (Å²) in [5.74, 6) is 1.66. The van der Waals surface area contributed by atoms with Crippen molar-refractivity contribution >= 4 is 45.1 Å². The fourth-order valence-corrected chi connectivity index (χ4v) is 4.32. The Labute approximate surface area is 121 Å². The highest BCUT2D eigenvalue weighted by Gasteiger charge is 2.27. The van der Waals surface area contributed by atoms with Crippen molar-refractivity contribution in [1.82, 2.24) is 9.97 Å². The molecule has 0 aromatic carbocycles. The van der Waals surface area contributed by atoms with Crippen LogP contribution in [0.4, 0.5) is 11.8 Å². The van der Waals surface area contributed by atoms with E-state index >= 15 is 0 Å². The van der Waals surface area contributed by atoms with E-state index in [1.165, 1.54) is 19.3 Å². The fraction of sp³-hybridized carbons (Fsp3) is 0.538. The van der Waals surface area contributed by atoms with Crippen molar-refractivity contribution in [3.63, 3.8) is 0 Å². The molecule has 2 N–H and O–H groups in total. The Balaban J connectivity index is 1.92. The van der Waals surface area contributed by atoms with E-state index in [1.54, 1.807) is 11.3 Å². The number of hydrogen-bond donors (Lipinski definition) is 2. The smallest absolute Gasteiger partial charge is 0.225 e. The lowest BCUT2D eigenvalue weighted by Gasteiger charge is -2.20. The summed E-state index contributed by atoms with van der Waals surface area (Å²) in [6.07, 6.45) is 6.04. The van der Waals surface area contributed by atoms with Gasteiger partial charge in [-0.3, -0.25) is 0 Å². The van der Waals surface area contributed by atoms with Crippen molar-refractivity contribution in [2.24, 2.45) is 0 Å². The molecule has 0 radical (unpaired) electrons. The van der Waals surface area contributed by atoms with Gasteiger partial charge in [-0.25, -0.2) is 4.98 Å². The summed E-state index contributed by atoms with van der Waals surface area (Å²) in [5.41, 5.74) is 0. The number of anilines is 2. The van der Waals surface area contributed by atoms with Gasteiger partial charge >= 0.3 is 0 Å². The number of nitrogens with one attached hydrogen (secondary N) is 2. The standard InChI is InChI=1S/C13H18N4S2/c1-14-13-16-11(8-6-7-19-12(8)17-13)15-9-4-3-5-10(9)18-2/h6-7,9-10H,3-5H2,1-2H3,(H2,14,15,16,17). The van der Waals surface area contributed by atoms with Crippen molar-refractivity contribution in [3.8, 4) is 0 Å². The van der Waals surface area contributed by atoms with E-state index in [4.69, 9.17) is 0 Å². The van der Waals surface area contributed by atoms with Crippen LogP contribution in [0.5, 0.6) is 0 Å². The quantitative estimate of drug-likeness (QED) is 0.905. The normalized spacial score (nSPS) is 22.8. The highest BCUT2D eigenvalue weighted by atomic mass is 32.2. The van der Waals surface area contributed by atoms with Gasteiger partial charge in [0, 0.05) is 18.3 Å². The van der Waals surface area contributed by atoms with E-state index in [2.05, 4.69) is 38.3 Å². The molecular weight excluding hydrogens is 276 g/mol. The lowest BCUT2D eigenvalue weighted by atomic mass is 10.2. The van der Waals surface area contributed by atoms with Crippen molar-refractivity contribution < 1.29 is 0 Å². The maximum absolute atomic E-state index is 4.59. The van der Waals surface area contributed by atoms with Crippen molar-refractivity contribution in [3.05, 3.63) is 11.4 Å². The second-order valence-electron chi connectivity index (χ2n) is 4.74. The molecule has 2 atom stereocenters. The highest BCUT2D eigenvalue weighted by Crippen LogP contribution is 2.33. The Morgan fingerprint density at radius 3 is 3.05 bits per heavy atom.